The SMILES string of the molecule is COc1ccccc1NC(=O)C1=C(C)Nc2ncnn2[C@@H]1c1ccccc1Cl. The Bertz CT molecular complexity index is 1080. The monoisotopic (exact) mass is 395 g/mol. The number of anilines is 2. The van der Waals surface area contributed by atoms with Crippen molar-refractivity contribution in [1.82, 2.24) is 14.8 Å². The molecule has 28 heavy (non-hydrogen) atoms. The van der Waals surface area contributed by atoms with Gasteiger partial charge in [0.1, 0.15) is 18.1 Å². The first-order valence-corrected chi connectivity index (χ1v) is 9.04. The van der Waals surface area contributed by atoms with Crippen LogP contribution in [0.3, 0.4) is 0 Å². The molecule has 2 heterocycles. The second-order valence-electron chi connectivity index (χ2n) is 6.27. The third-order valence-electron chi connectivity index (χ3n) is 4.59. The highest BCUT2D eigenvalue weighted by Gasteiger charge is 2.34. The predicted molar refractivity (Wildman–Crippen MR) is 108 cm³/mol. The molecule has 1 aromatic heterocycles. The molecule has 2 aromatic carbocycles. The van der Waals surface area contributed by atoms with E-state index in [4.69, 9.17) is 16.3 Å². The fourth-order valence-electron chi connectivity index (χ4n) is 3.31. The zero-order valence-electron chi connectivity index (χ0n) is 15.3. The molecule has 142 valence electrons. The minimum Gasteiger partial charge on any atom is -0.495 e. The van der Waals surface area contributed by atoms with E-state index in [1.165, 1.54) is 6.33 Å². The van der Waals surface area contributed by atoms with Gasteiger partial charge in [-0.3, -0.25) is 4.79 Å². The third kappa shape index (κ3) is 3.10. The summed E-state index contributed by atoms with van der Waals surface area (Å²) in [5.41, 5.74) is 2.52. The van der Waals surface area contributed by atoms with Crippen molar-refractivity contribution in [1.29, 1.82) is 0 Å². The van der Waals surface area contributed by atoms with Gasteiger partial charge in [0.15, 0.2) is 0 Å². The molecule has 0 spiro atoms. The fourth-order valence-corrected chi connectivity index (χ4v) is 3.55. The van der Waals surface area contributed by atoms with Crippen LogP contribution in [0.4, 0.5) is 11.6 Å². The number of nitrogens with one attached hydrogen (secondary N) is 2. The van der Waals surface area contributed by atoms with Gasteiger partial charge in [-0.15, -0.1) is 0 Å². The van der Waals surface area contributed by atoms with Crippen LogP contribution in [0.1, 0.15) is 18.5 Å². The molecule has 0 saturated heterocycles. The Kier molecular flexibility index (Phi) is 4.75. The maximum atomic E-state index is 13.3. The molecule has 3 aromatic rings. The first-order chi connectivity index (χ1) is 13.6. The Morgan fingerprint density at radius 2 is 1.96 bits per heavy atom. The summed E-state index contributed by atoms with van der Waals surface area (Å²) >= 11 is 6.46. The average molecular weight is 396 g/mol. The van der Waals surface area contributed by atoms with Crippen molar-refractivity contribution in [2.24, 2.45) is 0 Å². The van der Waals surface area contributed by atoms with Gasteiger partial charge >= 0.3 is 0 Å². The molecule has 1 aliphatic rings. The lowest BCUT2D eigenvalue weighted by Gasteiger charge is -2.29. The van der Waals surface area contributed by atoms with Gasteiger partial charge in [-0.2, -0.15) is 10.1 Å². The maximum Gasteiger partial charge on any atom is 0.255 e. The maximum absolute atomic E-state index is 13.3. The summed E-state index contributed by atoms with van der Waals surface area (Å²) in [7, 11) is 1.56. The predicted octanol–water partition coefficient (Wildman–Crippen LogP) is 3.87. The Balaban J connectivity index is 1.79. The van der Waals surface area contributed by atoms with E-state index in [1.54, 1.807) is 30.0 Å². The molecule has 0 aliphatic carbocycles. The van der Waals surface area contributed by atoms with Gasteiger partial charge in [0.05, 0.1) is 18.4 Å². The van der Waals surface area contributed by atoms with Gasteiger partial charge in [-0.1, -0.05) is 41.9 Å². The number of aromatic nitrogens is 3. The number of methoxy groups -OCH3 is 1. The number of amides is 1. The number of carbonyl (C=O) groups excluding carboxylic acids is 1. The molecule has 2 N–H and O–H groups in total. The minimum absolute atomic E-state index is 0.277. The molecule has 8 heteroatoms. The summed E-state index contributed by atoms with van der Waals surface area (Å²) in [6, 6.07) is 14.1. The van der Waals surface area contributed by atoms with Crippen LogP contribution in [0.5, 0.6) is 5.75 Å². The first-order valence-electron chi connectivity index (χ1n) is 8.66. The second-order valence-corrected chi connectivity index (χ2v) is 6.68. The molecule has 0 fully saturated rings. The molecule has 0 unspecified atom stereocenters. The Morgan fingerprint density at radius 1 is 1.21 bits per heavy atom. The zero-order chi connectivity index (χ0) is 19.7. The van der Waals surface area contributed by atoms with E-state index in [9.17, 15) is 4.79 Å². The van der Waals surface area contributed by atoms with Crippen molar-refractivity contribution in [3.8, 4) is 5.75 Å². The van der Waals surface area contributed by atoms with Gasteiger partial charge in [0, 0.05) is 16.3 Å². The van der Waals surface area contributed by atoms with Crippen molar-refractivity contribution in [2.45, 2.75) is 13.0 Å². The molecular formula is C20H18ClN5O2. The molecule has 1 atom stereocenters. The number of nitrogens with zero attached hydrogens (tertiary/aromatic N) is 3. The highest BCUT2D eigenvalue weighted by atomic mass is 35.5. The Labute approximate surface area is 167 Å². The molecule has 7 nitrogen and oxygen atoms in total. The second kappa shape index (κ2) is 7.36. The quantitative estimate of drug-likeness (QED) is 0.700. The number of hydrogen-bond donors (Lipinski definition) is 2. The standard InChI is InChI=1S/C20H18ClN5O2/c1-12-17(19(27)25-15-9-5-6-10-16(15)28-2)18(13-7-3-4-8-14(13)21)26-20(24-12)22-11-23-26/h3-11,18H,1-2H3,(H,25,27)(H,22,23,24)/t18-/m1/s1. The van der Waals surface area contributed by atoms with Crippen LogP contribution >= 0.6 is 11.6 Å². The van der Waals surface area contributed by atoms with Crippen LogP contribution < -0.4 is 15.4 Å². The molecule has 1 aliphatic heterocycles. The Morgan fingerprint density at radius 3 is 2.75 bits per heavy atom. The van der Waals surface area contributed by atoms with Crippen LogP contribution in [0, 0.1) is 0 Å². The minimum atomic E-state index is -0.512. The van der Waals surface area contributed by atoms with Crippen molar-refractivity contribution < 1.29 is 9.53 Å². The first kappa shape index (κ1) is 18.1. The van der Waals surface area contributed by atoms with E-state index in [1.807, 2.05) is 37.3 Å². The molecule has 4 rings (SSSR count). The third-order valence-corrected chi connectivity index (χ3v) is 4.94. The molecule has 0 radical (unpaired) electrons. The van der Waals surface area contributed by atoms with E-state index >= 15 is 0 Å². The summed E-state index contributed by atoms with van der Waals surface area (Å²) in [6.45, 7) is 1.83. The van der Waals surface area contributed by atoms with Gasteiger partial charge in [0.2, 0.25) is 5.95 Å². The summed E-state index contributed by atoms with van der Waals surface area (Å²) < 4.78 is 7.00. The van der Waals surface area contributed by atoms with Gasteiger partial charge < -0.3 is 15.4 Å². The molecule has 1 amide bonds. The lowest BCUT2D eigenvalue weighted by Crippen LogP contribution is -2.31. The van der Waals surface area contributed by atoms with Gasteiger partial charge in [0.25, 0.3) is 5.91 Å². The number of rotatable bonds is 4. The number of halogens is 1. The number of carbonyl (C=O) groups is 1. The summed E-state index contributed by atoms with van der Waals surface area (Å²) in [6.07, 6.45) is 1.44. The lowest BCUT2D eigenvalue weighted by atomic mass is 9.95. The number of benzene rings is 2. The van der Waals surface area contributed by atoms with Crippen molar-refractivity contribution in [3.05, 3.63) is 76.7 Å². The molecule has 0 saturated carbocycles. The van der Waals surface area contributed by atoms with Gasteiger partial charge in [-0.25, -0.2) is 4.68 Å². The van der Waals surface area contributed by atoms with E-state index in [2.05, 4.69) is 20.7 Å². The van der Waals surface area contributed by atoms with Crippen LogP contribution in [0.25, 0.3) is 0 Å². The summed E-state index contributed by atoms with van der Waals surface area (Å²) in [4.78, 5) is 17.5. The van der Waals surface area contributed by atoms with Crippen molar-refractivity contribution >= 4 is 29.1 Å². The Hall–Kier alpha value is -3.32. The lowest BCUT2D eigenvalue weighted by molar-refractivity contribution is -0.113. The summed E-state index contributed by atoms with van der Waals surface area (Å²) in [5, 5.41) is 10.9. The van der Waals surface area contributed by atoms with E-state index in [0.29, 0.717) is 33.7 Å². The van der Waals surface area contributed by atoms with E-state index < -0.39 is 6.04 Å². The topological polar surface area (TPSA) is 81.1 Å². The fraction of sp³-hybridized carbons (Fsp3) is 0.150. The number of fused-ring (bicyclic) bond motifs is 1. The average Bonchev–Trinajstić information content (AvgIpc) is 3.16. The van der Waals surface area contributed by atoms with Gasteiger partial charge in [-0.05, 0) is 25.1 Å². The van der Waals surface area contributed by atoms with Crippen LogP contribution in [0.2, 0.25) is 5.02 Å². The zero-order valence-corrected chi connectivity index (χ0v) is 16.1. The number of hydrogen-bond acceptors (Lipinski definition) is 5. The summed E-state index contributed by atoms with van der Waals surface area (Å²) in [5.74, 6) is 0.852. The van der Waals surface area contributed by atoms with Crippen molar-refractivity contribution in [3.63, 3.8) is 0 Å². The molecular weight excluding hydrogens is 378 g/mol. The highest BCUT2D eigenvalue weighted by Crippen LogP contribution is 2.38. The van der Waals surface area contributed by atoms with Crippen LogP contribution in [-0.2, 0) is 4.79 Å². The largest absolute Gasteiger partial charge is 0.495 e. The number of ether oxygens (including phenoxy) is 1. The van der Waals surface area contributed by atoms with E-state index in [0.717, 1.165) is 5.56 Å². The normalized spacial score (nSPS) is 15.6. The van der Waals surface area contributed by atoms with Crippen LogP contribution in [0.15, 0.2) is 66.1 Å². The number of allylic oxidation sites excluding steroid dienone is 1. The number of para-hydroxylation sites is 2. The highest BCUT2D eigenvalue weighted by molar-refractivity contribution is 6.31. The smallest absolute Gasteiger partial charge is 0.255 e. The van der Waals surface area contributed by atoms with Crippen molar-refractivity contribution in [2.75, 3.05) is 17.7 Å². The van der Waals surface area contributed by atoms with E-state index in [-0.39, 0.29) is 5.91 Å². The van der Waals surface area contributed by atoms with Crippen LogP contribution in [-0.4, -0.2) is 27.8 Å². The molecule has 0 bridgehead atoms.